The first-order valence-electron chi connectivity index (χ1n) is 9.64. The van der Waals surface area contributed by atoms with Gasteiger partial charge >= 0.3 is 0 Å². The van der Waals surface area contributed by atoms with Crippen LogP contribution in [0.25, 0.3) is 5.76 Å². The van der Waals surface area contributed by atoms with E-state index < -0.39 is 17.7 Å². The number of methoxy groups -OCH3 is 1. The average Bonchev–Trinajstić information content (AvgIpc) is 3.04. The molecule has 8 heteroatoms. The summed E-state index contributed by atoms with van der Waals surface area (Å²) in [4.78, 5) is 31.7. The molecule has 0 radical (unpaired) electrons. The number of ether oxygens (including phenoxy) is 1. The van der Waals surface area contributed by atoms with Crippen molar-refractivity contribution in [3.8, 4) is 5.75 Å². The third-order valence-electron chi connectivity index (χ3n) is 5.22. The highest BCUT2D eigenvalue weighted by Gasteiger charge is 2.47. The van der Waals surface area contributed by atoms with E-state index in [1.165, 1.54) is 24.1 Å². The molecule has 4 rings (SSSR count). The second-order valence-corrected chi connectivity index (χ2v) is 8.08. The van der Waals surface area contributed by atoms with Gasteiger partial charge in [-0.1, -0.05) is 35.3 Å². The standard InChI is InChI=1S/C24H18Cl2N2O4/c1-13-4-3-5-16(10-13)28-20(14-6-8-27-9-7-14)19(22(30)24(28)31)21(29)15-11-17(25)23(32-2)18(26)12-15/h3-12,20,29H,1-2H3/b21-19+. The number of benzene rings is 2. The Bertz CT molecular complexity index is 1230. The number of aromatic nitrogens is 1. The maximum atomic E-state index is 13.2. The van der Waals surface area contributed by atoms with Gasteiger partial charge in [0, 0.05) is 23.6 Å². The highest BCUT2D eigenvalue weighted by molar-refractivity contribution is 6.51. The molecule has 0 bridgehead atoms. The van der Waals surface area contributed by atoms with Gasteiger partial charge in [0.1, 0.15) is 5.76 Å². The number of nitrogens with zero attached hydrogens (tertiary/aromatic N) is 2. The van der Waals surface area contributed by atoms with Crippen LogP contribution in [0.4, 0.5) is 5.69 Å². The van der Waals surface area contributed by atoms with Gasteiger partial charge in [-0.25, -0.2) is 0 Å². The Balaban J connectivity index is 1.96. The summed E-state index contributed by atoms with van der Waals surface area (Å²) in [6.07, 6.45) is 3.12. The van der Waals surface area contributed by atoms with Crippen LogP contribution < -0.4 is 9.64 Å². The molecular formula is C24H18Cl2N2O4. The van der Waals surface area contributed by atoms with Gasteiger partial charge in [0.25, 0.3) is 11.7 Å². The minimum atomic E-state index is -0.862. The van der Waals surface area contributed by atoms with E-state index in [1.807, 2.05) is 13.0 Å². The molecule has 1 aliphatic heterocycles. The van der Waals surface area contributed by atoms with Gasteiger partial charge in [-0.15, -0.1) is 0 Å². The van der Waals surface area contributed by atoms with E-state index >= 15 is 0 Å². The molecule has 1 atom stereocenters. The number of carbonyl (C=O) groups excluding carboxylic acids is 2. The van der Waals surface area contributed by atoms with E-state index in [9.17, 15) is 14.7 Å². The number of Topliss-reactive ketones (excluding diaryl/α,β-unsaturated/α-hetero) is 1. The zero-order chi connectivity index (χ0) is 23.0. The molecule has 1 fully saturated rings. The highest BCUT2D eigenvalue weighted by atomic mass is 35.5. The molecule has 2 heterocycles. The van der Waals surface area contributed by atoms with Crippen molar-refractivity contribution >= 4 is 46.3 Å². The Labute approximate surface area is 194 Å². The summed E-state index contributed by atoms with van der Waals surface area (Å²) in [5.74, 6) is -1.69. The van der Waals surface area contributed by atoms with Gasteiger partial charge in [0.15, 0.2) is 5.75 Å². The van der Waals surface area contributed by atoms with Crippen LogP contribution in [0.5, 0.6) is 5.75 Å². The maximum absolute atomic E-state index is 13.2. The number of anilines is 1. The van der Waals surface area contributed by atoms with Crippen molar-refractivity contribution in [2.45, 2.75) is 13.0 Å². The molecule has 1 N–H and O–H groups in total. The Morgan fingerprint density at radius 2 is 1.72 bits per heavy atom. The summed E-state index contributed by atoms with van der Waals surface area (Å²) < 4.78 is 5.15. The molecule has 162 valence electrons. The molecule has 3 aromatic rings. The molecule has 6 nitrogen and oxygen atoms in total. The van der Waals surface area contributed by atoms with Crippen molar-refractivity contribution in [1.29, 1.82) is 0 Å². The molecule has 0 aliphatic carbocycles. The molecule has 0 saturated carbocycles. The van der Waals surface area contributed by atoms with Crippen molar-refractivity contribution in [3.63, 3.8) is 0 Å². The van der Waals surface area contributed by atoms with Crippen molar-refractivity contribution in [1.82, 2.24) is 4.98 Å². The number of hydrogen-bond acceptors (Lipinski definition) is 5. The molecule has 1 unspecified atom stereocenters. The van der Waals surface area contributed by atoms with E-state index in [-0.39, 0.29) is 32.7 Å². The second kappa shape index (κ2) is 8.65. The number of hydrogen-bond donors (Lipinski definition) is 1. The number of carbonyl (C=O) groups is 2. The van der Waals surface area contributed by atoms with Crippen LogP contribution in [0.15, 0.2) is 66.5 Å². The zero-order valence-corrected chi connectivity index (χ0v) is 18.7. The maximum Gasteiger partial charge on any atom is 0.300 e. The Morgan fingerprint density at radius 3 is 2.31 bits per heavy atom. The number of halogens is 2. The van der Waals surface area contributed by atoms with Crippen LogP contribution in [0.1, 0.15) is 22.7 Å². The highest BCUT2D eigenvalue weighted by Crippen LogP contribution is 2.43. The van der Waals surface area contributed by atoms with E-state index in [2.05, 4.69) is 4.98 Å². The van der Waals surface area contributed by atoms with E-state index in [0.29, 0.717) is 11.3 Å². The number of pyridine rings is 1. The topological polar surface area (TPSA) is 79.7 Å². The minimum Gasteiger partial charge on any atom is -0.507 e. The summed E-state index contributed by atoms with van der Waals surface area (Å²) >= 11 is 12.5. The quantitative estimate of drug-likeness (QED) is 0.317. The largest absolute Gasteiger partial charge is 0.507 e. The molecule has 1 aliphatic rings. The van der Waals surface area contributed by atoms with Crippen LogP contribution in [-0.2, 0) is 9.59 Å². The number of ketones is 1. The lowest BCUT2D eigenvalue weighted by atomic mass is 9.95. The molecule has 1 saturated heterocycles. The van der Waals surface area contributed by atoms with Gasteiger partial charge < -0.3 is 9.84 Å². The van der Waals surface area contributed by atoms with Crippen LogP contribution in [0.2, 0.25) is 10.0 Å². The Hall–Kier alpha value is -3.35. The number of rotatable bonds is 4. The molecule has 0 spiro atoms. The fraction of sp³-hybridized carbons (Fsp3) is 0.125. The summed E-state index contributed by atoms with van der Waals surface area (Å²) in [7, 11) is 1.42. The molecule has 1 amide bonds. The molecular weight excluding hydrogens is 451 g/mol. The fourth-order valence-corrected chi connectivity index (χ4v) is 4.43. The van der Waals surface area contributed by atoms with Gasteiger partial charge in [-0.3, -0.25) is 19.5 Å². The monoisotopic (exact) mass is 468 g/mol. The number of aryl methyl sites for hydroxylation is 1. The van der Waals surface area contributed by atoms with E-state index in [0.717, 1.165) is 5.56 Å². The van der Waals surface area contributed by atoms with Crippen LogP contribution in [0.3, 0.4) is 0 Å². The summed E-state index contributed by atoms with van der Waals surface area (Å²) in [6, 6.07) is 12.6. The van der Waals surface area contributed by atoms with Crippen molar-refractivity contribution in [3.05, 3.63) is 93.2 Å². The third kappa shape index (κ3) is 3.72. The molecule has 1 aromatic heterocycles. The predicted octanol–water partition coefficient (Wildman–Crippen LogP) is 5.33. The number of amides is 1. The normalized spacial score (nSPS) is 17.6. The number of aliphatic hydroxyl groups excluding tert-OH is 1. The summed E-state index contributed by atoms with van der Waals surface area (Å²) in [6.45, 7) is 1.89. The first-order chi connectivity index (χ1) is 15.3. The first kappa shape index (κ1) is 21.9. The van der Waals surface area contributed by atoms with Gasteiger partial charge in [0.2, 0.25) is 0 Å². The lowest BCUT2D eigenvalue weighted by molar-refractivity contribution is -0.132. The van der Waals surface area contributed by atoms with Gasteiger partial charge in [-0.05, 0) is 54.4 Å². The van der Waals surface area contributed by atoms with Crippen LogP contribution in [-0.4, -0.2) is 28.9 Å². The van der Waals surface area contributed by atoms with E-state index in [4.69, 9.17) is 27.9 Å². The van der Waals surface area contributed by atoms with Crippen molar-refractivity contribution < 1.29 is 19.4 Å². The summed E-state index contributed by atoms with van der Waals surface area (Å²) in [5.41, 5.74) is 2.21. The van der Waals surface area contributed by atoms with Crippen molar-refractivity contribution in [2.24, 2.45) is 0 Å². The SMILES string of the molecule is COc1c(Cl)cc(/C(O)=C2\C(=O)C(=O)N(c3cccc(C)c3)C2c2ccncc2)cc1Cl. The fourth-order valence-electron chi connectivity index (χ4n) is 3.78. The Kier molecular flexibility index (Phi) is 5.91. The van der Waals surface area contributed by atoms with Gasteiger partial charge in [-0.2, -0.15) is 0 Å². The molecule has 2 aromatic carbocycles. The zero-order valence-electron chi connectivity index (χ0n) is 17.2. The second-order valence-electron chi connectivity index (χ2n) is 7.26. The number of aliphatic hydroxyl groups is 1. The van der Waals surface area contributed by atoms with Crippen molar-refractivity contribution in [2.75, 3.05) is 12.0 Å². The van der Waals surface area contributed by atoms with Crippen LogP contribution in [0, 0.1) is 6.92 Å². The van der Waals surface area contributed by atoms with Crippen LogP contribution >= 0.6 is 23.2 Å². The molecule has 32 heavy (non-hydrogen) atoms. The first-order valence-corrected chi connectivity index (χ1v) is 10.4. The third-order valence-corrected chi connectivity index (χ3v) is 5.78. The lowest BCUT2D eigenvalue weighted by Gasteiger charge is -2.25. The smallest absolute Gasteiger partial charge is 0.300 e. The summed E-state index contributed by atoms with van der Waals surface area (Å²) in [5, 5.41) is 11.5. The van der Waals surface area contributed by atoms with Gasteiger partial charge in [0.05, 0.1) is 28.8 Å². The average molecular weight is 469 g/mol. The van der Waals surface area contributed by atoms with E-state index in [1.54, 1.807) is 42.7 Å². The predicted molar refractivity (Wildman–Crippen MR) is 123 cm³/mol. The lowest BCUT2D eigenvalue weighted by Crippen LogP contribution is -2.29. The minimum absolute atomic E-state index is 0.0694. The Morgan fingerprint density at radius 1 is 1.06 bits per heavy atom.